The van der Waals surface area contributed by atoms with Gasteiger partial charge in [0.05, 0.1) is 0 Å². The van der Waals surface area contributed by atoms with Gasteiger partial charge in [0.2, 0.25) is 0 Å². The number of carbonyl (C=O) groups is 2. The van der Waals surface area contributed by atoms with Crippen LogP contribution in [0.1, 0.15) is 207 Å². The maximum Gasteiger partial charge on any atom is 0.314 e. The largest absolute Gasteiger partial charge is 0.338 e. The summed E-state index contributed by atoms with van der Waals surface area (Å²) in [6.45, 7) is 14.9. The molecule has 0 saturated carbocycles. The van der Waals surface area contributed by atoms with E-state index in [-0.39, 0.29) is 12.1 Å². The smallest absolute Gasteiger partial charge is 0.314 e. The highest BCUT2D eigenvalue weighted by Crippen LogP contribution is 2.20. The van der Waals surface area contributed by atoms with E-state index in [1.165, 1.54) is 154 Å². The summed E-state index contributed by atoms with van der Waals surface area (Å²) in [5.74, 6) is 1.82. The van der Waals surface area contributed by atoms with Gasteiger partial charge >= 0.3 is 12.1 Å². The van der Waals surface area contributed by atoms with Crippen molar-refractivity contribution >= 4 is 23.7 Å². The highest BCUT2D eigenvalue weighted by Gasteiger charge is 2.12. The summed E-state index contributed by atoms with van der Waals surface area (Å²) in [7, 11) is 0. The van der Waals surface area contributed by atoms with E-state index in [4.69, 9.17) is 11.6 Å². The van der Waals surface area contributed by atoms with Gasteiger partial charge in [-0.2, -0.15) is 0 Å². The number of alkyl halides is 1. The topological polar surface area (TPSA) is 85.5 Å². The Balaban J connectivity index is 4.22. The Morgan fingerprint density at radius 2 is 0.750 bits per heavy atom. The number of amides is 4. The first-order valence-corrected chi connectivity index (χ1v) is 23.4. The van der Waals surface area contributed by atoms with Crippen molar-refractivity contribution in [1.29, 1.82) is 0 Å². The predicted molar refractivity (Wildman–Crippen MR) is 229 cm³/mol. The van der Waals surface area contributed by atoms with Crippen LogP contribution in [-0.4, -0.2) is 68.7 Å². The fourth-order valence-electron chi connectivity index (χ4n) is 7.22. The normalized spacial score (nSPS) is 12.6. The molecule has 0 heterocycles. The van der Waals surface area contributed by atoms with Gasteiger partial charge < -0.3 is 26.2 Å². The maximum absolute atomic E-state index is 12.6. The van der Waals surface area contributed by atoms with Crippen LogP contribution >= 0.6 is 11.6 Å². The van der Waals surface area contributed by atoms with Gasteiger partial charge in [-0.05, 0) is 76.3 Å². The van der Waals surface area contributed by atoms with E-state index in [9.17, 15) is 9.59 Å². The third-order valence-electron chi connectivity index (χ3n) is 10.7. The minimum Gasteiger partial charge on any atom is -0.338 e. The lowest BCUT2D eigenvalue weighted by Crippen LogP contribution is -2.39. The van der Waals surface area contributed by atoms with Crippen LogP contribution in [-0.2, 0) is 0 Å². The van der Waals surface area contributed by atoms with Gasteiger partial charge in [0.1, 0.15) is 0 Å². The lowest BCUT2D eigenvalue weighted by Gasteiger charge is -2.21. The molecule has 0 aromatic rings. The van der Waals surface area contributed by atoms with E-state index in [1.807, 2.05) is 0 Å². The lowest BCUT2D eigenvalue weighted by atomic mass is 9.94. The van der Waals surface area contributed by atoms with Crippen LogP contribution in [0.5, 0.6) is 0 Å². The van der Waals surface area contributed by atoms with Gasteiger partial charge in [-0.1, -0.05) is 156 Å². The highest BCUT2D eigenvalue weighted by molar-refractivity contribution is 6.18. The molecule has 2 unspecified atom stereocenters. The summed E-state index contributed by atoms with van der Waals surface area (Å²) in [5.41, 5.74) is 0. The van der Waals surface area contributed by atoms with E-state index < -0.39 is 0 Å². The number of hydrogen-bond acceptors (Lipinski definition) is 3. The van der Waals surface area contributed by atoms with Gasteiger partial charge in [0.25, 0.3) is 0 Å². The van der Waals surface area contributed by atoms with Gasteiger partial charge in [-0.3, -0.25) is 0 Å². The number of urea groups is 2. The summed E-state index contributed by atoms with van der Waals surface area (Å²) >= 11 is 6.12. The first-order chi connectivity index (χ1) is 25.5. The number of rotatable bonds is 40. The summed E-state index contributed by atoms with van der Waals surface area (Å²) in [4.78, 5) is 27.5. The molecule has 7 nitrogen and oxygen atoms in total. The Morgan fingerprint density at radius 3 is 1.10 bits per heavy atom. The average molecular weight is 757 g/mol. The molecule has 52 heavy (non-hydrogen) atoms. The molecular weight excluding hydrogens is 666 g/mol. The van der Waals surface area contributed by atoms with E-state index >= 15 is 0 Å². The van der Waals surface area contributed by atoms with Crippen LogP contribution in [0.4, 0.5) is 9.59 Å². The van der Waals surface area contributed by atoms with Gasteiger partial charge in [0, 0.05) is 38.6 Å². The standard InChI is InChI=1S/C44H90ClN5O2/c1-5-9-13-17-19-23-31-41(29-21-15-11-7-3)39-48-43(51)46-34-25-27-36-50(38-33-45)37-28-26-35-47-44(52)49-40-42(30-22-16-12-8-4)32-24-20-18-14-10-6-2/h41-42H,5-40H2,1-4H3,(H2,46,48,51)(H2,47,49,52). The van der Waals surface area contributed by atoms with E-state index in [0.717, 1.165) is 58.4 Å². The number of hydrogen-bond donors (Lipinski definition) is 4. The van der Waals surface area contributed by atoms with Crippen LogP contribution in [0.25, 0.3) is 0 Å². The van der Waals surface area contributed by atoms with Crippen LogP contribution in [0, 0.1) is 11.8 Å². The Bertz CT molecular complexity index is 700. The number of unbranched alkanes of at least 4 members (excludes halogenated alkanes) is 18. The molecule has 0 radical (unpaired) electrons. The van der Waals surface area contributed by atoms with Crippen LogP contribution in [0.15, 0.2) is 0 Å². The van der Waals surface area contributed by atoms with Crippen molar-refractivity contribution in [1.82, 2.24) is 26.2 Å². The fourth-order valence-corrected chi connectivity index (χ4v) is 7.46. The predicted octanol–water partition coefficient (Wildman–Crippen LogP) is 12.4. The molecule has 0 aliphatic carbocycles. The Hall–Kier alpha value is -1.21. The summed E-state index contributed by atoms with van der Waals surface area (Å²) in [6.07, 6.45) is 35.2. The lowest BCUT2D eigenvalue weighted by molar-refractivity contribution is 0.236. The number of nitrogens with zero attached hydrogens (tertiary/aromatic N) is 1. The number of carbonyl (C=O) groups excluding carboxylic acids is 2. The fraction of sp³-hybridized carbons (Fsp3) is 0.955. The Morgan fingerprint density at radius 1 is 0.423 bits per heavy atom. The molecule has 0 spiro atoms. The molecule has 4 N–H and O–H groups in total. The third kappa shape index (κ3) is 35.8. The molecule has 0 fully saturated rings. The van der Waals surface area contributed by atoms with E-state index in [1.54, 1.807) is 0 Å². The highest BCUT2D eigenvalue weighted by atomic mass is 35.5. The molecule has 0 aromatic carbocycles. The second-order valence-corrected chi connectivity index (χ2v) is 16.1. The van der Waals surface area contributed by atoms with Crippen molar-refractivity contribution in [2.24, 2.45) is 11.8 Å². The molecular formula is C44H90ClN5O2. The minimum atomic E-state index is -0.0176. The average Bonchev–Trinajstić information content (AvgIpc) is 3.14. The summed E-state index contributed by atoms with van der Waals surface area (Å²) in [6, 6.07) is -0.0353. The first kappa shape index (κ1) is 50.8. The SMILES string of the molecule is CCCCCCCCC(CCCCCC)CNC(=O)NCCCCN(CCCl)CCCCNC(=O)NCC(CCCCCC)CCCCCCCC. The maximum atomic E-state index is 12.6. The zero-order valence-corrected chi connectivity index (χ0v) is 36.0. The van der Waals surface area contributed by atoms with Crippen LogP contribution in [0.3, 0.4) is 0 Å². The second kappa shape index (κ2) is 41.0. The molecule has 4 amide bonds. The minimum absolute atomic E-state index is 0.0176. The molecule has 0 rings (SSSR count). The van der Waals surface area contributed by atoms with Crippen molar-refractivity contribution in [3.05, 3.63) is 0 Å². The molecule has 2 atom stereocenters. The summed E-state index contributed by atoms with van der Waals surface area (Å²) < 4.78 is 0. The monoisotopic (exact) mass is 756 g/mol. The zero-order valence-electron chi connectivity index (χ0n) is 35.3. The van der Waals surface area contributed by atoms with Crippen LogP contribution < -0.4 is 21.3 Å². The molecule has 0 saturated heterocycles. The third-order valence-corrected chi connectivity index (χ3v) is 10.9. The molecule has 310 valence electrons. The summed E-state index contributed by atoms with van der Waals surface area (Å²) in [5, 5.41) is 12.5. The van der Waals surface area contributed by atoms with Gasteiger partial charge in [0.15, 0.2) is 0 Å². The Kier molecular flexibility index (Phi) is 40.0. The van der Waals surface area contributed by atoms with E-state index in [2.05, 4.69) is 53.9 Å². The van der Waals surface area contributed by atoms with Crippen LogP contribution in [0.2, 0.25) is 0 Å². The molecule has 0 aromatic heterocycles. The van der Waals surface area contributed by atoms with Gasteiger partial charge in [-0.25, -0.2) is 9.59 Å². The van der Waals surface area contributed by atoms with Gasteiger partial charge in [-0.15, -0.1) is 11.6 Å². The zero-order chi connectivity index (χ0) is 38.2. The molecule has 0 aliphatic rings. The molecule has 0 bridgehead atoms. The first-order valence-electron chi connectivity index (χ1n) is 22.8. The Labute approximate surface area is 329 Å². The second-order valence-electron chi connectivity index (χ2n) is 15.8. The molecule has 8 heteroatoms. The van der Waals surface area contributed by atoms with E-state index in [0.29, 0.717) is 30.8 Å². The van der Waals surface area contributed by atoms with Crippen molar-refractivity contribution in [2.75, 3.05) is 51.7 Å². The molecule has 0 aliphatic heterocycles. The quantitative estimate of drug-likeness (QED) is 0.0371. The van der Waals surface area contributed by atoms with Crippen molar-refractivity contribution in [3.63, 3.8) is 0 Å². The van der Waals surface area contributed by atoms with Crippen molar-refractivity contribution in [3.8, 4) is 0 Å². The van der Waals surface area contributed by atoms with Crippen molar-refractivity contribution < 1.29 is 9.59 Å². The van der Waals surface area contributed by atoms with Crippen molar-refractivity contribution in [2.45, 2.75) is 207 Å². The number of halogens is 1. The number of nitrogens with one attached hydrogen (secondary N) is 4.